The van der Waals surface area contributed by atoms with Crippen molar-refractivity contribution < 1.29 is 18.7 Å². The second-order valence-corrected chi connectivity index (χ2v) is 25.1. The van der Waals surface area contributed by atoms with Crippen LogP contribution in [0.25, 0.3) is 0 Å². The summed E-state index contributed by atoms with van der Waals surface area (Å²) >= 11 is 4.03. The summed E-state index contributed by atoms with van der Waals surface area (Å²) in [4.78, 5) is 0. The van der Waals surface area contributed by atoms with Gasteiger partial charge in [0, 0.05) is 6.42 Å². The maximum Gasteiger partial charge on any atom is 0.258 e. The monoisotopic (exact) mass is 586 g/mol. The van der Waals surface area contributed by atoms with Crippen molar-refractivity contribution in [1.29, 1.82) is 0 Å². The minimum absolute atomic E-state index is 0.111. The molecule has 2 aliphatic heterocycles. The van der Waals surface area contributed by atoms with Crippen LogP contribution in [0.15, 0.2) is 23.5 Å². The third kappa shape index (κ3) is 4.52. The maximum absolute atomic E-state index is 11.7. The van der Waals surface area contributed by atoms with Gasteiger partial charge in [-0.2, -0.15) is 0 Å². The Labute approximate surface area is 225 Å². The molecule has 35 heavy (non-hydrogen) atoms. The lowest BCUT2D eigenvalue weighted by Crippen LogP contribution is -2.62. The molecule has 2 heterocycles. The van der Waals surface area contributed by atoms with Gasteiger partial charge >= 0.3 is 0 Å². The normalized spacial score (nSPS) is 31.3. The Morgan fingerprint density at radius 1 is 0.829 bits per heavy atom. The number of halogens is 1. The Hall–Kier alpha value is 0.0738. The molecule has 0 spiro atoms. The third-order valence-corrected chi connectivity index (χ3v) is 22.8. The molecular weight excluding hydrogens is 536 g/mol. The number of alkyl halides is 1. The van der Waals surface area contributed by atoms with E-state index in [0.717, 1.165) is 5.76 Å². The average molecular weight is 588 g/mol. The molecule has 3 rings (SSSR count). The van der Waals surface area contributed by atoms with Gasteiger partial charge in [0.25, 0.3) is 8.32 Å². The molecule has 1 saturated carbocycles. The molecule has 0 saturated heterocycles. The van der Waals surface area contributed by atoms with Gasteiger partial charge in [-0.15, -0.1) is 0 Å². The first kappa shape index (κ1) is 29.6. The molecule has 0 aromatic carbocycles. The number of fused-ring (bicyclic) bond motifs is 1. The van der Waals surface area contributed by atoms with Crippen LogP contribution in [0.2, 0.25) is 33.2 Å². The summed E-state index contributed by atoms with van der Waals surface area (Å²) in [5.74, 6) is 0.888. The van der Waals surface area contributed by atoms with Crippen LogP contribution in [0.3, 0.4) is 0 Å². The topological polar surface area (TPSA) is 47.9 Å². The van der Waals surface area contributed by atoms with Crippen LogP contribution in [0.1, 0.15) is 89.5 Å². The summed E-state index contributed by atoms with van der Waals surface area (Å²) in [5, 5.41) is 11.7. The van der Waals surface area contributed by atoms with Crippen molar-refractivity contribution in [3.63, 3.8) is 0 Å². The fourth-order valence-corrected chi connectivity index (χ4v) is 19.7. The first-order valence-corrected chi connectivity index (χ1v) is 19.0. The third-order valence-electron chi connectivity index (χ3n) is 9.37. The van der Waals surface area contributed by atoms with Crippen molar-refractivity contribution in [2.45, 2.75) is 151 Å². The summed E-state index contributed by atoms with van der Waals surface area (Å²) in [7, 11) is -4.31. The molecule has 2 bridgehead atoms. The lowest BCUT2D eigenvalue weighted by molar-refractivity contribution is -0.0465. The van der Waals surface area contributed by atoms with E-state index in [1.165, 1.54) is 5.57 Å². The van der Waals surface area contributed by atoms with Gasteiger partial charge in [-0.3, -0.25) is 0 Å². The van der Waals surface area contributed by atoms with Gasteiger partial charge in [0.15, 0.2) is 0 Å². The molecule has 0 aromatic heterocycles. The zero-order valence-electron chi connectivity index (χ0n) is 24.2. The van der Waals surface area contributed by atoms with Crippen molar-refractivity contribution in [2.24, 2.45) is 0 Å². The highest BCUT2D eigenvalue weighted by molar-refractivity contribution is 9.10. The molecule has 1 N–H and O–H groups in total. The minimum atomic E-state index is -2.19. The zero-order valence-corrected chi connectivity index (χ0v) is 27.8. The van der Waals surface area contributed by atoms with E-state index in [9.17, 15) is 5.11 Å². The minimum Gasteiger partial charge on any atom is -0.545 e. The molecule has 7 heteroatoms. The van der Waals surface area contributed by atoms with Gasteiger partial charge in [-0.1, -0.05) is 99.0 Å². The first-order valence-electron chi connectivity index (χ1n) is 13.9. The largest absolute Gasteiger partial charge is 0.545 e. The molecule has 3 aliphatic rings. The molecule has 1 aliphatic carbocycles. The quantitative estimate of drug-likeness (QED) is 0.159. The number of aliphatic hydroxyl groups is 1. The van der Waals surface area contributed by atoms with Crippen LogP contribution in [0.4, 0.5) is 0 Å². The van der Waals surface area contributed by atoms with E-state index in [4.69, 9.17) is 13.6 Å². The standard InChI is InChI=1S/C28H51BrO4Si2/c1-16(2)34(17(3)4,18(5)6)32-24-15-25(30)28(29)26(14-22-13-23(24)27(28)31-22)33-35(19(7)8,20(9)10)21(11)12/h13-14,16-22,24-25,27,30H,15H2,1-12H3/t22?,24-,25-,27+,28-/m0/s1. The van der Waals surface area contributed by atoms with Crippen molar-refractivity contribution in [3.8, 4) is 0 Å². The van der Waals surface area contributed by atoms with Crippen LogP contribution >= 0.6 is 15.9 Å². The zero-order chi connectivity index (χ0) is 26.7. The molecule has 4 nitrogen and oxygen atoms in total. The second kappa shape index (κ2) is 10.3. The van der Waals surface area contributed by atoms with Crippen molar-refractivity contribution >= 4 is 32.6 Å². The number of hydrogen-bond donors (Lipinski definition) is 1. The molecule has 1 unspecified atom stereocenters. The van der Waals surface area contributed by atoms with Gasteiger partial charge in [-0.05, 0) is 51.0 Å². The van der Waals surface area contributed by atoms with E-state index in [0.29, 0.717) is 39.7 Å². The molecular formula is C28H51BrO4Si2. The Morgan fingerprint density at radius 2 is 1.29 bits per heavy atom. The van der Waals surface area contributed by atoms with Gasteiger partial charge in [0.1, 0.15) is 16.2 Å². The molecule has 0 amide bonds. The highest BCUT2D eigenvalue weighted by atomic mass is 79.9. The summed E-state index contributed by atoms with van der Waals surface area (Å²) in [6.07, 6.45) is 3.77. The fraction of sp³-hybridized carbons (Fsp3) is 0.857. The van der Waals surface area contributed by atoms with E-state index < -0.39 is 27.1 Å². The van der Waals surface area contributed by atoms with Gasteiger partial charge in [-0.25, -0.2) is 0 Å². The second-order valence-electron chi connectivity index (χ2n) is 13.0. The van der Waals surface area contributed by atoms with E-state index in [2.05, 4.69) is 111 Å². The molecule has 202 valence electrons. The predicted molar refractivity (Wildman–Crippen MR) is 155 cm³/mol. The molecule has 5 atom stereocenters. The number of rotatable bonds is 10. The Balaban J connectivity index is 2.00. The van der Waals surface area contributed by atoms with Crippen LogP contribution in [0, 0.1) is 0 Å². The molecule has 0 aromatic rings. The SMILES string of the molecule is CC(C)[Si](OC1=CC2C=C3[C@@H](O[Si](C(C)C)(C(C)C)C(C)C)C[C@H](O)[C@@]1(Br)[C@@H]3O2)(C(C)C)C(C)C. The lowest BCUT2D eigenvalue weighted by atomic mass is 9.78. The summed E-state index contributed by atoms with van der Waals surface area (Å²) in [5.41, 5.74) is 4.03. The molecule has 1 fully saturated rings. The highest BCUT2D eigenvalue weighted by Gasteiger charge is 2.63. The van der Waals surface area contributed by atoms with Crippen LogP contribution < -0.4 is 0 Å². The number of hydrogen-bond acceptors (Lipinski definition) is 4. The Kier molecular flexibility index (Phi) is 8.74. The predicted octanol–water partition coefficient (Wildman–Crippen LogP) is 8.23. The van der Waals surface area contributed by atoms with E-state index in [1.807, 2.05) is 0 Å². The van der Waals surface area contributed by atoms with Gasteiger partial charge < -0.3 is 18.7 Å². The van der Waals surface area contributed by atoms with Crippen LogP contribution in [0.5, 0.6) is 0 Å². The first-order chi connectivity index (χ1) is 16.1. The average Bonchev–Trinajstić information content (AvgIpc) is 3.12. The van der Waals surface area contributed by atoms with Crippen LogP contribution in [-0.4, -0.2) is 50.5 Å². The Bertz CT molecular complexity index is 791. The summed E-state index contributed by atoms with van der Waals surface area (Å²) < 4.78 is 20.1. The van der Waals surface area contributed by atoms with Crippen molar-refractivity contribution in [2.75, 3.05) is 0 Å². The summed E-state index contributed by atoms with van der Waals surface area (Å²) in [6, 6.07) is 0. The number of aliphatic hydroxyl groups excluding tert-OH is 1. The molecule has 0 radical (unpaired) electrons. The van der Waals surface area contributed by atoms with E-state index in [-0.39, 0.29) is 18.3 Å². The van der Waals surface area contributed by atoms with Crippen molar-refractivity contribution in [1.82, 2.24) is 0 Å². The van der Waals surface area contributed by atoms with Gasteiger partial charge in [0.2, 0.25) is 8.32 Å². The maximum atomic E-state index is 11.7. The van der Waals surface area contributed by atoms with E-state index >= 15 is 0 Å². The lowest BCUT2D eigenvalue weighted by Gasteiger charge is -2.53. The van der Waals surface area contributed by atoms with Crippen LogP contribution in [-0.2, 0) is 13.6 Å². The number of ether oxygens (including phenoxy) is 1. The summed E-state index contributed by atoms with van der Waals surface area (Å²) in [6.45, 7) is 27.8. The Morgan fingerprint density at radius 3 is 1.71 bits per heavy atom. The smallest absolute Gasteiger partial charge is 0.258 e. The van der Waals surface area contributed by atoms with E-state index in [1.54, 1.807) is 0 Å². The van der Waals surface area contributed by atoms with Crippen molar-refractivity contribution in [3.05, 3.63) is 23.5 Å². The highest BCUT2D eigenvalue weighted by Crippen LogP contribution is 2.57. The fourth-order valence-electron chi connectivity index (χ4n) is 7.94. The van der Waals surface area contributed by atoms with Gasteiger partial charge in [0.05, 0.1) is 18.3 Å².